The zero-order chi connectivity index (χ0) is 11.4. The highest BCUT2D eigenvalue weighted by molar-refractivity contribution is 5.81. The summed E-state index contributed by atoms with van der Waals surface area (Å²) < 4.78 is 0. The summed E-state index contributed by atoms with van der Waals surface area (Å²) in [4.78, 5) is 14.4. The van der Waals surface area contributed by atoms with Gasteiger partial charge in [-0.25, -0.2) is 0 Å². The van der Waals surface area contributed by atoms with Crippen LogP contribution in [0.2, 0.25) is 0 Å². The van der Waals surface area contributed by atoms with E-state index in [9.17, 15) is 4.79 Å². The minimum atomic E-state index is 0.364. The summed E-state index contributed by atoms with van der Waals surface area (Å²) in [6, 6.07) is 0. The van der Waals surface area contributed by atoms with Gasteiger partial charge in [0, 0.05) is 18.9 Å². The van der Waals surface area contributed by atoms with Crippen LogP contribution in [0.4, 0.5) is 0 Å². The molecule has 0 N–H and O–H groups in total. The van der Waals surface area contributed by atoms with Gasteiger partial charge >= 0.3 is 0 Å². The first-order valence-corrected chi connectivity index (χ1v) is 7.04. The Morgan fingerprint density at radius 1 is 1.31 bits per heavy atom. The Kier molecular flexibility index (Phi) is 4.39. The van der Waals surface area contributed by atoms with Crippen LogP contribution < -0.4 is 0 Å². The summed E-state index contributed by atoms with van der Waals surface area (Å²) in [5, 5.41) is 0. The average molecular weight is 223 g/mol. The van der Waals surface area contributed by atoms with Crippen LogP contribution in [0, 0.1) is 11.8 Å². The van der Waals surface area contributed by atoms with E-state index in [0.717, 1.165) is 25.3 Å². The average Bonchev–Trinajstić information content (AvgIpc) is 2.76. The third-order valence-electron chi connectivity index (χ3n) is 4.25. The Morgan fingerprint density at radius 3 is 2.75 bits per heavy atom. The fourth-order valence-corrected chi connectivity index (χ4v) is 3.33. The second kappa shape index (κ2) is 5.81. The number of rotatable bonds is 4. The van der Waals surface area contributed by atoms with Gasteiger partial charge in [0.1, 0.15) is 5.78 Å². The van der Waals surface area contributed by atoms with E-state index in [1.807, 2.05) is 0 Å². The first-order chi connectivity index (χ1) is 7.79. The Morgan fingerprint density at radius 2 is 2.06 bits per heavy atom. The molecule has 2 atom stereocenters. The van der Waals surface area contributed by atoms with Crippen LogP contribution >= 0.6 is 0 Å². The van der Waals surface area contributed by atoms with Crippen molar-refractivity contribution in [2.24, 2.45) is 11.8 Å². The molecule has 2 nitrogen and oxygen atoms in total. The molecular weight excluding hydrogens is 198 g/mol. The lowest BCUT2D eigenvalue weighted by atomic mass is 9.78. The van der Waals surface area contributed by atoms with E-state index in [4.69, 9.17) is 0 Å². The van der Waals surface area contributed by atoms with Crippen molar-refractivity contribution >= 4 is 5.78 Å². The highest BCUT2D eigenvalue weighted by Crippen LogP contribution is 2.30. The zero-order valence-corrected chi connectivity index (χ0v) is 10.6. The topological polar surface area (TPSA) is 20.3 Å². The Balaban J connectivity index is 1.82. The number of carbonyl (C=O) groups is 1. The molecule has 0 aromatic carbocycles. The molecule has 2 aliphatic rings. The van der Waals surface area contributed by atoms with Crippen molar-refractivity contribution in [2.75, 3.05) is 19.6 Å². The molecule has 1 saturated heterocycles. The van der Waals surface area contributed by atoms with E-state index in [1.165, 1.54) is 45.2 Å². The standard InChI is InChI=1S/C14H25NO/c1-2-5-12-6-7-14(16)13(10-12)11-15-8-3-4-9-15/h12-13H,2-11H2,1H3. The third kappa shape index (κ3) is 3.07. The molecule has 1 aliphatic heterocycles. The number of nitrogens with zero attached hydrogens (tertiary/aromatic N) is 1. The highest BCUT2D eigenvalue weighted by atomic mass is 16.1. The van der Waals surface area contributed by atoms with E-state index in [1.54, 1.807) is 0 Å². The van der Waals surface area contributed by atoms with Gasteiger partial charge < -0.3 is 4.90 Å². The fraction of sp³-hybridized carbons (Fsp3) is 0.929. The van der Waals surface area contributed by atoms with Gasteiger partial charge in [-0.2, -0.15) is 0 Å². The normalized spacial score (nSPS) is 32.2. The second-order valence-electron chi connectivity index (χ2n) is 5.60. The first-order valence-electron chi connectivity index (χ1n) is 7.04. The molecule has 2 heteroatoms. The summed E-state index contributed by atoms with van der Waals surface area (Å²) in [6.07, 6.45) is 8.44. The van der Waals surface area contributed by atoms with Crippen molar-refractivity contribution < 1.29 is 4.79 Å². The van der Waals surface area contributed by atoms with E-state index in [2.05, 4.69) is 11.8 Å². The molecule has 0 aromatic rings. The Bertz CT molecular complexity index is 233. The molecule has 2 rings (SSSR count). The second-order valence-corrected chi connectivity index (χ2v) is 5.60. The zero-order valence-electron chi connectivity index (χ0n) is 10.6. The summed E-state index contributed by atoms with van der Waals surface area (Å²) in [6.45, 7) is 5.76. The molecule has 0 radical (unpaired) electrons. The fourth-order valence-electron chi connectivity index (χ4n) is 3.33. The molecular formula is C14H25NO. The maximum absolute atomic E-state index is 11.9. The molecule has 1 heterocycles. The summed E-state index contributed by atoms with van der Waals surface area (Å²) in [5.41, 5.74) is 0. The number of Topliss-reactive ketones (excluding diaryl/α,β-unsaturated/α-hetero) is 1. The van der Waals surface area contributed by atoms with Crippen LogP contribution in [0.15, 0.2) is 0 Å². The Hall–Kier alpha value is -0.370. The summed E-state index contributed by atoms with van der Waals surface area (Å²) >= 11 is 0. The Labute approximate surface area is 99.4 Å². The van der Waals surface area contributed by atoms with E-state index in [-0.39, 0.29) is 0 Å². The molecule has 0 amide bonds. The smallest absolute Gasteiger partial charge is 0.137 e. The monoisotopic (exact) mass is 223 g/mol. The predicted octanol–water partition coefficient (Wildman–Crippen LogP) is 2.87. The molecule has 1 aliphatic carbocycles. The maximum atomic E-state index is 11.9. The van der Waals surface area contributed by atoms with Crippen LogP contribution in [0.3, 0.4) is 0 Å². The largest absolute Gasteiger partial charge is 0.303 e. The predicted molar refractivity (Wildman–Crippen MR) is 66.4 cm³/mol. The highest BCUT2D eigenvalue weighted by Gasteiger charge is 2.30. The van der Waals surface area contributed by atoms with Gasteiger partial charge in [0.25, 0.3) is 0 Å². The summed E-state index contributed by atoms with van der Waals surface area (Å²) in [7, 11) is 0. The van der Waals surface area contributed by atoms with Gasteiger partial charge in [0.05, 0.1) is 0 Å². The number of carbonyl (C=O) groups excluding carboxylic acids is 1. The van der Waals surface area contributed by atoms with Crippen LogP contribution in [0.1, 0.15) is 51.9 Å². The van der Waals surface area contributed by atoms with Crippen LogP contribution in [-0.4, -0.2) is 30.3 Å². The molecule has 2 unspecified atom stereocenters. The van der Waals surface area contributed by atoms with Gasteiger partial charge in [0.2, 0.25) is 0 Å². The van der Waals surface area contributed by atoms with Gasteiger partial charge in [-0.1, -0.05) is 19.8 Å². The lowest BCUT2D eigenvalue weighted by Gasteiger charge is -2.30. The molecule has 2 fully saturated rings. The van der Waals surface area contributed by atoms with Gasteiger partial charge in [-0.05, 0) is 44.7 Å². The molecule has 92 valence electrons. The number of ketones is 1. The van der Waals surface area contributed by atoms with Gasteiger partial charge in [-0.3, -0.25) is 4.79 Å². The van der Waals surface area contributed by atoms with E-state index < -0.39 is 0 Å². The molecule has 0 bridgehead atoms. The van der Waals surface area contributed by atoms with Crippen molar-refractivity contribution in [3.63, 3.8) is 0 Å². The SMILES string of the molecule is CCCC1CCC(=O)C(CN2CCCC2)C1. The first kappa shape index (κ1) is 12.1. The van der Waals surface area contributed by atoms with Crippen molar-refractivity contribution in [3.8, 4) is 0 Å². The van der Waals surface area contributed by atoms with Crippen LogP contribution in [0.5, 0.6) is 0 Å². The van der Waals surface area contributed by atoms with Crippen molar-refractivity contribution in [2.45, 2.75) is 51.9 Å². The molecule has 1 saturated carbocycles. The van der Waals surface area contributed by atoms with Crippen LogP contribution in [-0.2, 0) is 4.79 Å². The third-order valence-corrected chi connectivity index (χ3v) is 4.25. The van der Waals surface area contributed by atoms with Crippen molar-refractivity contribution in [3.05, 3.63) is 0 Å². The van der Waals surface area contributed by atoms with E-state index in [0.29, 0.717) is 11.7 Å². The van der Waals surface area contributed by atoms with Gasteiger partial charge in [-0.15, -0.1) is 0 Å². The maximum Gasteiger partial charge on any atom is 0.137 e. The van der Waals surface area contributed by atoms with Crippen molar-refractivity contribution in [1.29, 1.82) is 0 Å². The lowest BCUT2D eigenvalue weighted by molar-refractivity contribution is -0.126. The number of hydrogen-bond donors (Lipinski definition) is 0. The molecule has 0 aromatic heterocycles. The quantitative estimate of drug-likeness (QED) is 0.730. The summed E-state index contributed by atoms with van der Waals surface area (Å²) in [5.74, 6) is 1.73. The lowest BCUT2D eigenvalue weighted by Crippen LogP contribution is -2.35. The number of hydrogen-bond acceptors (Lipinski definition) is 2. The van der Waals surface area contributed by atoms with E-state index >= 15 is 0 Å². The molecule has 0 spiro atoms. The van der Waals surface area contributed by atoms with Crippen LogP contribution in [0.25, 0.3) is 0 Å². The molecule has 16 heavy (non-hydrogen) atoms. The van der Waals surface area contributed by atoms with Crippen molar-refractivity contribution in [1.82, 2.24) is 4.90 Å². The minimum Gasteiger partial charge on any atom is -0.303 e. The minimum absolute atomic E-state index is 0.364. The van der Waals surface area contributed by atoms with Gasteiger partial charge in [0.15, 0.2) is 0 Å². The number of likely N-dealkylation sites (tertiary alicyclic amines) is 1.